The number of nitrogens with one attached hydrogen (secondary N) is 1. The molecule has 3 rings (SSSR count). The highest BCUT2D eigenvalue weighted by Crippen LogP contribution is 2.23. The first-order valence-corrected chi connectivity index (χ1v) is 6.19. The molecular formula is C12H16N2O3. The minimum atomic E-state index is -0.306. The third-order valence-electron chi connectivity index (χ3n) is 3.41. The second kappa shape index (κ2) is 4.49. The summed E-state index contributed by atoms with van der Waals surface area (Å²) in [6.45, 7) is 1.19. The number of esters is 1. The maximum Gasteiger partial charge on any atom is 0.359 e. The first-order chi connectivity index (χ1) is 8.34. The van der Waals surface area contributed by atoms with Crippen molar-refractivity contribution in [2.75, 3.05) is 13.2 Å². The summed E-state index contributed by atoms with van der Waals surface area (Å²) in [5, 5.41) is 7.05. The van der Waals surface area contributed by atoms with Gasteiger partial charge in [0.1, 0.15) is 6.10 Å². The van der Waals surface area contributed by atoms with Gasteiger partial charge >= 0.3 is 5.97 Å². The van der Waals surface area contributed by atoms with Crippen molar-refractivity contribution in [2.24, 2.45) is 0 Å². The highest BCUT2D eigenvalue weighted by atomic mass is 16.6. The molecular weight excluding hydrogens is 220 g/mol. The molecule has 0 spiro atoms. The van der Waals surface area contributed by atoms with E-state index < -0.39 is 0 Å². The van der Waals surface area contributed by atoms with Gasteiger partial charge in [0, 0.05) is 17.7 Å². The zero-order valence-corrected chi connectivity index (χ0v) is 9.70. The summed E-state index contributed by atoms with van der Waals surface area (Å²) in [6.07, 6.45) is 4.90. The third-order valence-corrected chi connectivity index (χ3v) is 3.41. The molecule has 0 saturated carbocycles. The van der Waals surface area contributed by atoms with E-state index in [2.05, 4.69) is 10.2 Å². The van der Waals surface area contributed by atoms with Gasteiger partial charge in [-0.1, -0.05) is 0 Å². The van der Waals surface area contributed by atoms with Crippen LogP contribution in [0.5, 0.6) is 0 Å². The molecule has 2 heterocycles. The molecule has 0 bridgehead atoms. The van der Waals surface area contributed by atoms with E-state index in [1.54, 1.807) is 0 Å². The van der Waals surface area contributed by atoms with Gasteiger partial charge in [-0.05, 0) is 25.7 Å². The molecule has 0 unspecified atom stereocenters. The monoisotopic (exact) mass is 236 g/mol. The molecule has 5 nitrogen and oxygen atoms in total. The standard InChI is InChI=1S/C12H16N2O3/c15-12(17-8-5-6-16-7-8)11-9-3-1-2-4-10(9)13-14-11/h8H,1-7H2,(H,13,14)/t8-/m0/s1. The quantitative estimate of drug-likeness (QED) is 0.784. The van der Waals surface area contributed by atoms with Crippen LogP contribution < -0.4 is 0 Å². The summed E-state index contributed by atoms with van der Waals surface area (Å²) >= 11 is 0. The van der Waals surface area contributed by atoms with Crippen molar-refractivity contribution in [2.45, 2.75) is 38.2 Å². The molecule has 1 fully saturated rings. The molecule has 0 radical (unpaired) electrons. The number of H-pyrrole nitrogens is 1. The van der Waals surface area contributed by atoms with Gasteiger partial charge in [0.05, 0.1) is 13.2 Å². The number of hydrogen-bond acceptors (Lipinski definition) is 4. The van der Waals surface area contributed by atoms with Crippen molar-refractivity contribution in [3.05, 3.63) is 17.0 Å². The molecule has 1 N–H and O–H groups in total. The molecule has 1 aromatic rings. The lowest BCUT2D eigenvalue weighted by molar-refractivity contribution is 0.0262. The zero-order valence-electron chi connectivity index (χ0n) is 9.70. The molecule has 2 aliphatic rings. The number of ether oxygens (including phenoxy) is 2. The van der Waals surface area contributed by atoms with Crippen molar-refractivity contribution in [3.63, 3.8) is 0 Å². The van der Waals surface area contributed by atoms with Gasteiger partial charge in [-0.3, -0.25) is 5.10 Å². The van der Waals surface area contributed by atoms with Gasteiger partial charge in [-0.25, -0.2) is 4.79 Å². The summed E-state index contributed by atoms with van der Waals surface area (Å²) in [6, 6.07) is 0. The number of aromatic nitrogens is 2. The Labute approximate surface area is 99.5 Å². The van der Waals surface area contributed by atoms with Gasteiger partial charge in [-0.15, -0.1) is 0 Å². The predicted molar refractivity (Wildman–Crippen MR) is 59.9 cm³/mol. The normalized spacial score (nSPS) is 23.4. The number of aromatic amines is 1. The van der Waals surface area contributed by atoms with Gasteiger partial charge in [-0.2, -0.15) is 5.10 Å². The van der Waals surface area contributed by atoms with Crippen molar-refractivity contribution in [3.8, 4) is 0 Å². The number of fused-ring (bicyclic) bond motifs is 1. The smallest absolute Gasteiger partial charge is 0.359 e. The van der Waals surface area contributed by atoms with Crippen LogP contribution in [0.1, 0.15) is 41.0 Å². The number of hydrogen-bond donors (Lipinski definition) is 1. The summed E-state index contributed by atoms with van der Waals surface area (Å²) in [5.74, 6) is -0.306. The molecule has 0 amide bonds. The number of nitrogens with zero attached hydrogens (tertiary/aromatic N) is 1. The number of aryl methyl sites for hydroxylation is 1. The Morgan fingerprint density at radius 1 is 1.41 bits per heavy atom. The average molecular weight is 236 g/mol. The summed E-state index contributed by atoms with van der Waals surface area (Å²) < 4.78 is 10.6. The Hall–Kier alpha value is -1.36. The van der Waals surface area contributed by atoms with Crippen LogP contribution in [0, 0.1) is 0 Å². The Kier molecular flexibility index (Phi) is 2.84. The molecule has 1 aliphatic carbocycles. The summed E-state index contributed by atoms with van der Waals surface area (Å²) in [5.41, 5.74) is 2.64. The molecule has 1 saturated heterocycles. The van der Waals surface area contributed by atoms with Gasteiger partial charge in [0.2, 0.25) is 0 Å². The second-order valence-electron chi connectivity index (χ2n) is 4.63. The van der Waals surface area contributed by atoms with E-state index in [0.29, 0.717) is 18.9 Å². The third kappa shape index (κ3) is 2.07. The summed E-state index contributed by atoms with van der Waals surface area (Å²) in [7, 11) is 0. The molecule has 1 aliphatic heterocycles. The van der Waals surface area contributed by atoms with Crippen LogP contribution in [-0.2, 0) is 22.3 Å². The van der Waals surface area contributed by atoms with Crippen molar-refractivity contribution in [1.29, 1.82) is 0 Å². The molecule has 1 aromatic heterocycles. The number of carbonyl (C=O) groups excluding carboxylic acids is 1. The molecule has 1 atom stereocenters. The first kappa shape index (κ1) is 10.8. The van der Waals surface area contributed by atoms with E-state index in [1.165, 1.54) is 6.42 Å². The van der Waals surface area contributed by atoms with Crippen molar-refractivity contribution in [1.82, 2.24) is 10.2 Å². The van der Waals surface area contributed by atoms with Crippen LogP contribution >= 0.6 is 0 Å². The molecule has 17 heavy (non-hydrogen) atoms. The Morgan fingerprint density at radius 3 is 3.12 bits per heavy atom. The van der Waals surface area contributed by atoms with Crippen LogP contribution in [0.4, 0.5) is 0 Å². The SMILES string of the molecule is O=C(O[C@H]1CCOC1)c1n[nH]c2c1CCCC2. The van der Waals surface area contributed by atoms with E-state index in [-0.39, 0.29) is 12.1 Å². The van der Waals surface area contributed by atoms with E-state index in [9.17, 15) is 4.79 Å². The van der Waals surface area contributed by atoms with Gasteiger partial charge in [0.15, 0.2) is 5.69 Å². The highest BCUT2D eigenvalue weighted by molar-refractivity contribution is 5.89. The fraction of sp³-hybridized carbons (Fsp3) is 0.667. The Bertz CT molecular complexity index is 421. The fourth-order valence-electron chi connectivity index (χ4n) is 2.46. The highest BCUT2D eigenvalue weighted by Gasteiger charge is 2.26. The number of rotatable bonds is 2. The van der Waals surface area contributed by atoms with E-state index in [4.69, 9.17) is 9.47 Å². The Morgan fingerprint density at radius 2 is 2.29 bits per heavy atom. The van der Waals surface area contributed by atoms with Crippen LogP contribution in [0.2, 0.25) is 0 Å². The minimum absolute atomic E-state index is 0.0987. The van der Waals surface area contributed by atoms with Crippen molar-refractivity contribution >= 4 is 5.97 Å². The molecule has 0 aromatic carbocycles. The lowest BCUT2D eigenvalue weighted by Crippen LogP contribution is -2.19. The molecule has 92 valence electrons. The van der Waals surface area contributed by atoms with Gasteiger partial charge in [0.25, 0.3) is 0 Å². The van der Waals surface area contributed by atoms with E-state index in [0.717, 1.165) is 36.9 Å². The second-order valence-corrected chi connectivity index (χ2v) is 4.63. The largest absolute Gasteiger partial charge is 0.455 e. The van der Waals surface area contributed by atoms with Crippen LogP contribution in [0.25, 0.3) is 0 Å². The lowest BCUT2D eigenvalue weighted by atomic mass is 9.96. The maximum atomic E-state index is 12.0. The van der Waals surface area contributed by atoms with E-state index in [1.807, 2.05) is 0 Å². The minimum Gasteiger partial charge on any atom is -0.455 e. The van der Waals surface area contributed by atoms with Crippen molar-refractivity contribution < 1.29 is 14.3 Å². The van der Waals surface area contributed by atoms with E-state index >= 15 is 0 Å². The van der Waals surface area contributed by atoms with Crippen LogP contribution in [-0.4, -0.2) is 35.5 Å². The van der Waals surface area contributed by atoms with Crippen LogP contribution in [0.15, 0.2) is 0 Å². The average Bonchev–Trinajstić information content (AvgIpc) is 2.96. The zero-order chi connectivity index (χ0) is 11.7. The summed E-state index contributed by atoms with van der Waals surface area (Å²) in [4.78, 5) is 12.0. The number of carbonyl (C=O) groups is 1. The topological polar surface area (TPSA) is 64.2 Å². The predicted octanol–water partition coefficient (Wildman–Crippen LogP) is 1.23. The van der Waals surface area contributed by atoms with Crippen LogP contribution in [0.3, 0.4) is 0 Å². The first-order valence-electron chi connectivity index (χ1n) is 6.19. The lowest BCUT2D eigenvalue weighted by Gasteiger charge is -2.12. The maximum absolute atomic E-state index is 12.0. The molecule has 5 heteroatoms. The van der Waals surface area contributed by atoms with Gasteiger partial charge < -0.3 is 9.47 Å². The Balaban J connectivity index is 1.74. The fourth-order valence-corrected chi connectivity index (χ4v) is 2.46.